The Kier molecular flexibility index (Phi) is 5.76. The van der Waals surface area contributed by atoms with E-state index in [0.29, 0.717) is 5.11 Å². The number of hydrogen-bond donors (Lipinski definition) is 2. The number of hydrogen-bond acceptors (Lipinski definition) is 3. The predicted molar refractivity (Wildman–Crippen MR) is 93.7 cm³/mol. The van der Waals surface area contributed by atoms with E-state index in [9.17, 15) is 4.39 Å². The smallest absolute Gasteiger partial charge is 0.171 e. The van der Waals surface area contributed by atoms with Gasteiger partial charge in [-0.25, -0.2) is 4.39 Å². The number of nitrogens with one attached hydrogen (secondary N) is 2. The number of halogens is 1. The zero-order chi connectivity index (χ0) is 16.8. The van der Waals surface area contributed by atoms with E-state index in [1.165, 1.54) is 13.2 Å². The fourth-order valence-electron chi connectivity index (χ4n) is 2.10. The molecule has 0 heterocycles. The van der Waals surface area contributed by atoms with Crippen molar-refractivity contribution in [3.05, 3.63) is 53.8 Å². The molecule has 23 heavy (non-hydrogen) atoms. The third-order valence-electron chi connectivity index (χ3n) is 3.35. The zero-order valence-electron chi connectivity index (χ0n) is 13.2. The van der Waals surface area contributed by atoms with Crippen LogP contribution in [0.25, 0.3) is 0 Å². The van der Waals surface area contributed by atoms with E-state index in [2.05, 4.69) is 10.6 Å². The Labute approximate surface area is 140 Å². The molecule has 0 aromatic heterocycles. The molecule has 2 N–H and O–H groups in total. The SMILES string of the molecule is COc1cccc(NC(=S)N[C@@H](C)c2ccc(OC)c(F)c2)c1. The van der Waals surface area contributed by atoms with Crippen LogP contribution in [-0.4, -0.2) is 19.3 Å². The topological polar surface area (TPSA) is 42.5 Å². The average molecular weight is 334 g/mol. The van der Waals surface area contributed by atoms with Crippen LogP contribution in [-0.2, 0) is 0 Å². The minimum absolute atomic E-state index is 0.152. The van der Waals surface area contributed by atoms with Gasteiger partial charge in [0.15, 0.2) is 16.7 Å². The highest BCUT2D eigenvalue weighted by atomic mass is 32.1. The van der Waals surface area contributed by atoms with E-state index >= 15 is 0 Å². The molecule has 0 radical (unpaired) electrons. The fourth-order valence-corrected chi connectivity index (χ4v) is 2.39. The molecule has 2 aromatic rings. The van der Waals surface area contributed by atoms with Crippen molar-refractivity contribution in [3.63, 3.8) is 0 Å². The summed E-state index contributed by atoms with van der Waals surface area (Å²) in [7, 11) is 3.04. The Morgan fingerprint density at radius 1 is 1.13 bits per heavy atom. The molecule has 122 valence electrons. The van der Waals surface area contributed by atoms with Crippen molar-refractivity contribution in [1.82, 2.24) is 5.32 Å². The molecule has 1 atom stereocenters. The largest absolute Gasteiger partial charge is 0.497 e. The molecule has 0 aliphatic rings. The summed E-state index contributed by atoms with van der Waals surface area (Å²) in [5.74, 6) is 0.562. The minimum atomic E-state index is -0.398. The second kappa shape index (κ2) is 7.78. The third-order valence-corrected chi connectivity index (χ3v) is 3.57. The van der Waals surface area contributed by atoms with Gasteiger partial charge in [-0.3, -0.25) is 0 Å². The molecule has 0 amide bonds. The second-order valence-corrected chi connectivity index (χ2v) is 5.35. The van der Waals surface area contributed by atoms with Gasteiger partial charge in [-0.05, 0) is 49.0 Å². The molecule has 0 saturated heterocycles. The van der Waals surface area contributed by atoms with Crippen LogP contribution in [0.15, 0.2) is 42.5 Å². The molecule has 2 aromatic carbocycles. The summed E-state index contributed by atoms with van der Waals surface area (Å²) in [6.07, 6.45) is 0. The monoisotopic (exact) mass is 334 g/mol. The van der Waals surface area contributed by atoms with Crippen LogP contribution in [0.1, 0.15) is 18.5 Å². The van der Waals surface area contributed by atoms with Crippen molar-refractivity contribution >= 4 is 23.0 Å². The molecule has 0 unspecified atom stereocenters. The molecule has 2 rings (SSSR count). The number of anilines is 1. The van der Waals surface area contributed by atoms with Crippen LogP contribution < -0.4 is 20.1 Å². The summed E-state index contributed by atoms with van der Waals surface area (Å²) in [4.78, 5) is 0. The van der Waals surface area contributed by atoms with Crippen molar-refractivity contribution < 1.29 is 13.9 Å². The van der Waals surface area contributed by atoms with E-state index in [1.54, 1.807) is 19.2 Å². The van der Waals surface area contributed by atoms with Gasteiger partial charge >= 0.3 is 0 Å². The lowest BCUT2D eigenvalue weighted by molar-refractivity contribution is 0.386. The Balaban J connectivity index is 2.00. The van der Waals surface area contributed by atoms with Crippen LogP contribution in [0.2, 0.25) is 0 Å². The van der Waals surface area contributed by atoms with E-state index in [-0.39, 0.29) is 11.8 Å². The van der Waals surface area contributed by atoms with Crippen molar-refractivity contribution in [1.29, 1.82) is 0 Å². The predicted octanol–water partition coefficient (Wildman–Crippen LogP) is 3.89. The van der Waals surface area contributed by atoms with Gasteiger partial charge in [0.05, 0.1) is 20.3 Å². The Hall–Kier alpha value is -2.34. The molecular formula is C17H19FN2O2S. The van der Waals surface area contributed by atoms with Gasteiger partial charge in [0.25, 0.3) is 0 Å². The molecule has 0 aliphatic heterocycles. The first kappa shape index (κ1) is 17.0. The van der Waals surface area contributed by atoms with E-state index in [4.69, 9.17) is 21.7 Å². The highest BCUT2D eigenvalue weighted by Crippen LogP contribution is 2.22. The van der Waals surface area contributed by atoms with Gasteiger partial charge < -0.3 is 20.1 Å². The van der Waals surface area contributed by atoms with Crippen LogP contribution in [0.5, 0.6) is 11.5 Å². The molecular weight excluding hydrogens is 315 g/mol. The molecule has 0 spiro atoms. The van der Waals surface area contributed by atoms with Crippen molar-refractivity contribution in [3.8, 4) is 11.5 Å². The van der Waals surface area contributed by atoms with E-state index in [0.717, 1.165) is 17.0 Å². The standard InChI is InChI=1S/C17H19FN2O2S/c1-11(12-7-8-16(22-3)15(18)9-12)19-17(23)20-13-5-4-6-14(10-13)21-2/h4-11H,1-3H3,(H2,19,20,23)/t11-/m0/s1. The van der Waals surface area contributed by atoms with Gasteiger partial charge in [0, 0.05) is 11.8 Å². The highest BCUT2D eigenvalue weighted by Gasteiger charge is 2.11. The van der Waals surface area contributed by atoms with E-state index in [1.807, 2.05) is 31.2 Å². The number of rotatable bonds is 5. The second-order valence-electron chi connectivity index (χ2n) is 4.95. The lowest BCUT2D eigenvalue weighted by atomic mass is 10.1. The molecule has 4 nitrogen and oxygen atoms in total. The summed E-state index contributed by atoms with van der Waals surface area (Å²) >= 11 is 5.29. The quantitative estimate of drug-likeness (QED) is 0.812. The van der Waals surface area contributed by atoms with Gasteiger partial charge in [0.2, 0.25) is 0 Å². The molecule has 0 saturated carbocycles. The van der Waals surface area contributed by atoms with Gasteiger partial charge in [-0.15, -0.1) is 0 Å². The van der Waals surface area contributed by atoms with Crippen LogP contribution >= 0.6 is 12.2 Å². The first-order chi connectivity index (χ1) is 11.0. The zero-order valence-corrected chi connectivity index (χ0v) is 14.0. The third kappa shape index (κ3) is 4.56. The first-order valence-corrected chi connectivity index (χ1v) is 7.49. The molecule has 0 bridgehead atoms. The number of ether oxygens (including phenoxy) is 2. The fraction of sp³-hybridized carbons (Fsp3) is 0.235. The molecule has 0 fully saturated rings. The number of methoxy groups -OCH3 is 2. The summed E-state index contributed by atoms with van der Waals surface area (Å²) in [6, 6.07) is 12.1. The van der Waals surface area contributed by atoms with E-state index < -0.39 is 5.82 Å². The maximum atomic E-state index is 13.8. The molecule has 6 heteroatoms. The maximum absolute atomic E-state index is 13.8. The summed E-state index contributed by atoms with van der Waals surface area (Å²) in [5, 5.41) is 6.64. The number of thiocarbonyl (C=S) groups is 1. The lowest BCUT2D eigenvalue weighted by Crippen LogP contribution is -2.30. The van der Waals surface area contributed by atoms with Crippen LogP contribution in [0.3, 0.4) is 0 Å². The minimum Gasteiger partial charge on any atom is -0.497 e. The van der Waals surface area contributed by atoms with Crippen LogP contribution in [0.4, 0.5) is 10.1 Å². The normalized spacial score (nSPS) is 11.5. The van der Waals surface area contributed by atoms with Crippen LogP contribution in [0, 0.1) is 5.82 Å². The summed E-state index contributed by atoms with van der Waals surface area (Å²) in [6.45, 7) is 1.90. The lowest BCUT2D eigenvalue weighted by Gasteiger charge is -2.18. The Bertz CT molecular complexity index is 694. The Morgan fingerprint density at radius 2 is 1.91 bits per heavy atom. The highest BCUT2D eigenvalue weighted by molar-refractivity contribution is 7.80. The van der Waals surface area contributed by atoms with Crippen molar-refractivity contribution in [2.24, 2.45) is 0 Å². The van der Waals surface area contributed by atoms with Crippen molar-refractivity contribution in [2.75, 3.05) is 19.5 Å². The Morgan fingerprint density at radius 3 is 2.57 bits per heavy atom. The van der Waals surface area contributed by atoms with Gasteiger partial charge in [0.1, 0.15) is 5.75 Å². The first-order valence-electron chi connectivity index (χ1n) is 7.08. The summed E-state index contributed by atoms with van der Waals surface area (Å²) < 4.78 is 23.8. The average Bonchev–Trinajstić information content (AvgIpc) is 2.54. The van der Waals surface area contributed by atoms with Crippen molar-refractivity contribution in [2.45, 2.75) is 13.0 Å². The van der Waals surface area contributed by atoms with Gasteiger partial charge in [-0.1, -0.05) is 12.1 Å². The maximum Gasteiger partial charge on any atom is 0.171 e. The summed E-state index contributed by atoms with van der Waals surface area (Å²) in [5.41, 5.74) is 1.59. The van der Waals surface area contributed by atoms with Gasteiger partial charge in [-0.2, -0.15) is 0 Å². The molecule has 0 aliphatic carbocycles. The number of benzene rings is 2.